The van der Waals surface area contributed by atoms with Crippen LogP contribution in [0.2, 0.25) is 10.0 Å². The summed E-state index contributed by atoms with van der Waals surface area (Å²) in [5.41, 5.74) is 1.10. The molecule has 134 valence electrons. The lowest BCUT2D eigenvalue weighted by atomic mass is 9.93. The van der Waals surface area contributed by atoms with E-state index in [4.69, 9.17) is 23.2 Å². The molecule has 1 aliphatic heterocycles. The summed E-state index contributed by atoms with van der Waals surface area (Å²) < 4.78 is 0. The number of hydrogen-bond acceptors (Lipinski definition) is 2. The van der Waals surface area contributed by atoms with Crippen LogP contribution in [0.25, 0.3) is 0 Å². The van der Waals surface area contributed by atoms with Crippen molar-refractivity contribution < 1.29 is 4.79 Å². The second-order valence-corrected chi connectivity index (χ2v) is 7.69. The standard InChI is InChI=1S/C18H24Cl2N2O.ClH/c1-21-5-2-12-3-6-22(7-4-12)18(23)17-11-16(17)13-8-14(19)10-15(20)9-13;/h8-10,12,16-17,21H,2-7,11H2,1H3;1H. The molecule has 1 saturated carbocycles. The summed E-state index contributed by atoms with van der Waals surface area (Å²) in [6.07, 6.45) is 4.41. The predicted molar refractivity (Wildman–Crippen MR) is 102 cm³/mol. The van der Waals surface area contributed by atoms with Crippen LogP contribution in [0.4, 0.5) is 0 Å². The fourth-order valence-corrected chi connectivity index (χ4v) is 4.19. The van der Waals surface area contributed by atoms with Gasteiger partial charge in [-0.05, 0) is 74.9 Å². The molecule has 1 aromatic rings. The quantitative estimate of drug-likeness (QED) is 0.808. The first-order chi connectivity index (χ1) is 11.1. The Labute approximate surface area is 160 Å². The monoisotopic (exact) mass is 390 g/mol. The Morgan fingerprint density at radius 3 is 2.42 bits per heavy atom. The highest BCUT2D eigenvalue weighted by Crippen LogP contribution is 2.49. The second kappa shape index (κ2) is 8.75. The number of nitrogens with zero attached hydrogens (tertiary/aromatic N) is 1. The van der Waals surface area contributed by atoms with Crippen LogP contribution >= 0.6 is 35.6 Å². The van der Waals surface area contributed by atoms with E-state index >= 15 is 0 Å². The smallest absolute Gasteiger partial charge is 0.226 e. The number of halogens is 3. The maximum absolute atomic E-state index is 12.7. The maximum atomic E-state index is 12.7. The van der Waals surface area contributed by atoms with E-state index in [0.717, 1.165) is 50.4 Å². The third kappa shape index (κ3) is 4.78. The highest BCUT2D eigenvalue weighted by molar-refractivity contribution is 6.34. The fourth-order valence-electron chi connectivity index (χ4n) is 3.65. The van der Waals surface area contributed by atoms with Crippen LogP contribution in [-0.2, 0) is 4.79 Å². The van der Waals surface area contributed by atoms with Crippen molar-refractivity contribution in [2.24, 2.45) is 11.8 Å². The minimum Gasteiger partial charge on any atom is -0.342 e. The van der Waals surface area contributed by atoms with E-state index in [-0.39, 0.29) is 18.3 Å². The van der Waals surface area contributed by atoms with Gasteiger partial charge in [-0.2, -0.15) is 0 Å². The predicted octanol–water partition coefficient (Wildman–Crippen LogP) is 4.37. The average Bonchev–Trinajstić information content (AvgIpc) is 3.32. The first kappa shape index (κ1) is 19.8. The molecule has 1 heterocycles. The molecule has 1 saturated heterocycles. The number of carbonyl (C=O) groups is 1. The lowest BCUT2D eigenvalue weighted by Crippen LogP contribution is -2.40. The Bertz CT molecular complexity index is 553. The van der Waals surface area contributed by atoms with Crippen LogP contribution in [0.3, 0.4) is 0 Å². The van der Waals surface area contributed by atoms with Gasteiger partial charge >= 0.3 is 0 Å². The zero-order valence-electron chi connectivity index (χ0n) is 13.9. The highest BCUT2D eigenvalue weighted by Gasteiger charge is 2.46. The molecule has 2 unspecified atom stereocenters. The van der Waals surface area contributed by atoms with Gasteiger partial charge in [0.1, 0.15) is 0 Å². The number of carbonyl (C=O) groups excluding carboxylic acids is 1. The van der Waals surface area contributed by atoms with Gasteiger partial charge in [0, 0.05) is 29.1 Å². The van der Waals surface area contributed by atoms with Crippen LogP contribution in [0.1, 0.15) is 37.2 Å². The van der Waals surface area contributed by atoms with Crippen molar-refractivity contribution in [3.63, 3.8) is 0 Å². The number of piperidine rings is 1. The van der Waals surface area contributed by atoms with E-state index in [9.17, 15) is 4.79 Å². The molecule has 0 aromatic heterocycles. The van der Waals surface area contributed by atoms with Crippen LogP contribution in [-0.4, -0.2) is 37.5 Å². The van der Waals surface area contributed by atoms with Gasteiger partial charge in [-0.1, -0.05) is 23.2 Å². The van der Waals surface area contributed by atoms with Crippen LogP contribution < -0.4 is 5.32 Å². The van der Waals surface area contributed by atoms with Gasteiger partial charge in [-0.3, -0.25) is 4.79 Å². The van der Waals surface area contributed by atoms with Gasteiger partial charge in [0.05, 0.1) is 0 Å². The van der Waals surface area contributed by atoms with Crippen molar-refractivity contribution in [1.29, 1.82) is 0 Å². The number of rotatable bonds is 5. The number of amides is 1. The summed E-state index contributed by atoms with van der Waals surface area (Å²) in [4.78, 5) is 14.7. The summed E-state index contributed by atoms with van der Waals surface area (Å²) in [5.74, 6) is 1.49. The molecule has 1 aromatic carbocycles. The normalized spacial score (nSPS) is 23.7. The lowest BCUT2D eigenvalue weighted by molar-refractivity contribution is -0.134. The molecule has 2 atom stereocenters. The molecule has 0 spiro atoms. The second-order valence-electron chi connectivity index (χ2n) is 6.81. The molecule has 2 fully saturated rings. The SMILES string of the molecule is CNCCC1CCN(C(=O)C2CC2c2cc(Cl)cc(Cl)c2)CC1.Cl. The number of benzene rings is 1. The van der Waals surface area contributed by atoms with Gasteiger partial charge in [0.2, 0.25) is 5.91 Å². The zero-order valence-corrected chi connectivity index (χ0v) is 16.3. The lowest BCUT2D eigenvalue weighted by Gasteiger charge is -2.32. The zero-order chi connectivity index (χ0) is 16.4. The summed E-state index contributed by atoms with van der Waals surface area (Å²) in [7, 11) is 1.99. The van der Waals surface area contributed by atoms with Crippen molar-refractivity contribution in [2.45, 2.75) is 31.6 Å². The largest absolute Gasteiger partial charge is 0.342 e. The molecule has 1 amide bonds. The maximum Gasteiger partial charge on any atom is 0.226 e. The minimum atomic E-state index is 0. The summed E-state index contributed by atoms with van der Waals surface area (Å²) >= 11 is 12.1. The van der Waals surface area contributed by atoms with Crippen molar-refractivity contribution in [3.8, 4) is 0 Å². The first-order valence-corrected chi connectivity index (χ1v) is 9.23. The van der Waals surface area contributed by atoms with E-state index in [2.05, 4.69) is 10.2 Å². The molecule has 0 bridgehead atoms. The Balaban J connectivity index is 0.00000208. The van der Waals surface area contributed by atoms with Gasteiger partial charge in [0.15, 0.2) is 0 Å². The Hall–Kier alpha value is -0.480. The molecule has 1 aliphatic carbocycles. The minimum absolute atomic E-state index is 0. The van der Waals surface area contributed by atoms with E-state index in [1.54, 1.807) is 6.07 Å². The van der Waals surface area contributed by atoms with Crippen LogP contribution in [0, 0.1) is 11.8 Å². The Morgan fingerprint density at radius 1 is 1.21 bits per heavy atom. The third-order valence-corrected chi connectivity index (χ3v) is 5.59. The molecule has 1 N–H and O–H groups in total. The first-order valence-electron chi connectivity index (χ1n) is 8.48. The van der Waals surface area contributed by atoms with E-state index in [1.807, 2.05) is 19.2 Å². The highest BCUT2D eigenvalue weighted by atomic mass is 35.5. The Morgan fingerprint density at radius 2 is 1.83 bits per heavy atom. The van der Waals surface area contributed by atoms with Gasteiger partial charge in [-0.15, -0.1) is 12.4 Å². The van der Waals surface area contributed by atoms with Gasteiger partial charge < -0.3 is 10.2 Å². The van der Waals surface area contributed by atoms with Crippen molar-refractivity contribution >= 4 is 41.5 Å². The third-order valence-electron chi connectivity index (χ3n) is 5.15. The van der Waals surface area contributed by atoms with E-state index in [0.29, 0.717) is 21.9 Å². The molecule has 3 nitrogen and oxygen atoms in total. The van der Waals surface area contributed by atoms with Crippen LogP contribution in [0.15, 0.2) is 18.2 Å². The average molecular weight is 392 g/mol. The molecule has 24 heavy (non-hydrogen) atoms. The van der Waals surface area contributed by atoms with Crippen molar-refractivity contribution in [3.05, 3.63) is 33.8 Å². The molecule has 2 aliphatic rings. The van der Waals surface area contributed by atoms with Gasteiger partial charge in [-0.25, -0.2) is 0 Å². The van der Waals surface area contributed by atoms with E-state index in [1.165, 1.54) is 6.42 Å². The molecule has 3 rings (SSSR count). The molecular weight excluding hydrogens is 367 g/mol. The number of nitrogens with one attached hydrogen (secondary N) is 1. The summed E-state index contributed by atoms with van der Waals surface area (Å²) in [6, 6.07) is 5.62. The topological polar surface area (TPSA) is 32.3 Å². The fraction of sp³-hybridized carbons (Fsp3) is 0.611. The number of hydrogen-bond donors (Lipinski definition) is 1. The van der Waals surface area contributed by atoms with Gasteiger partial charge in [0.25, 0.3) is 0 Å². The van der Waals surface area contributed by atoms with Crippen molar-refractivity contribution in [2.75, 3.05) is 26.7 Å². The summed E-state index contributed by atoms with van der Waals surface area (Å²) in [5, 5.41) is 4.51. The van der Waals surface area contributed by atoms with Crippen molar-refractivity contribution in [1.82, 2.24) is 10.2 Å². The molecule has 0 radical (unpaired) electrons. The van der Waals surface area contributed by atoms with E-state index < -0.39 is 0 Å². The Kier molecular flexibility index (Phi) is 7.23. The molecular formula is C18H25Cl3N2O. The number of likely N-dealkylation sites (tertiary alicyclic amines) is 1. The van der Waals surface area contributed by atoms with Crippen LogP contribution in [0.5, 0.6) is 0 Å². The molecule has 6 heteroatoms. The summed E-state index contributed by atoms with van der Waals surface area (Å²) in [6.45, 7) is 2.89.